The van der Waals surface area contributed by atoms with E-state index in [1.807, 2.05) is 4.90 Å². The van der Waals surface area contributed by atoms with Gasteiger partial charge in [0, 0.05) is 38.6 Å². The van der Waals surface area contributed by atoms with E-state index in [1.165, 1.54) is 32.4 Å². The molecule has 30 heavy (non-hydrogen) atoms. The second kappa shape index (κ2) is 11.0. The van der Waals surface area contributed by atoms with E-state index in [9.17, 15) is 14.4 Å². The molecule has 3 fully saturated rings. The van der Waals surface area contributed by atoms with Crippen LogP contribution in [0.1, 0.15) is 58.3 Å². The molecule has 0 aliphatic carbocycles. The highest BCUT2D eigenvalue weighted by atomic mass is 16.5. The standard InChI is InChI=1S/C22H38N4O4/c1-3-30-20(28)11-12-24-22(29)26-15-16-7-5-13-25-14-6-8-17(21(16)25)18(26)9-4-10-19(27)23-2/h16-18,21H,3-15H2,1-2H3,(H,23,27)(H,24,29)/t16-,17+,18+,21-/m0/s1. The average Bonchev–Trinajstić information content (AvgIpc) is 2.75. The zero-order valence-corrected chi connectivity index (χ0v) is 18.5. The smallest absolute Gasteiger partial charge is 0.317 e. The molecule has 4 atom stereocenters. The first-order chi connectivity index (χ1) is 14.5. The van der Waals surface area contributed by atoms with E-state index in [-0.39, 0.29) is 30.4 Å². The molecule has 0 aromatic rings. The number of hydrogen-bond donors (Lipinski definition) is 2. The number of carbonyl (C=O) groups excluding carboxylic acids is 3. The molecule has 0 saturated carbocycles. The molecular weight excluding hydrogens is 384 g/mol. The van der Waals surface area contributed by atoms with Crippen molar-refractivity contribution in [3.63, 3.8) is 0 Å². The van der Waals surface area contributed by atoms with Gasteiger partial charge in [0.25, 0.3) is 0 Å². The van der Waals surface area contributed by atoms with Crippen LogP contribution in [-0.4, -0.2) is 79.6 Å². The van der Waals surface area contributed by atoms with Gasteiger partial charge in [0.15, 0.2) is 0 Å². The van der Waals surface area contributed by atoms with Gasteiger partial charge in [-0.2, -0.15) is 0 Å². The number of amides is 3. The van der Waals surface area contributed by atoms with Crippen LogP contribution in [0.4, 0.5) is 4.79 Å². The molecule has 8 nitrogen and oxygen atoms in total. The Morgan fingerprint density at radius 2 is 1.87 bits per heavy atom. The molecule has 0 unspecified atom stereocenters. The monoisotopic (exact) mass is 422 g/mol. The van der Waals surface area contributed by atoms with Gasteiger partial charge in [0.1, 0.15) is 0 Å². The number of hydrogen-bond acceptors (Lipinski definition) is 5. The number of nitrogens with zero attached hydrogens (tertiary/aromatic N) is 2. The van der Waals surface area contributed by atoms with Crippen molar-refractivity contribution in [3.8, 4) is 0 Å². The molecule has 8 heteroatoms. The van der Waals surface area contributed by atoms with Crippen LogP contribution in [0.5, 0.6) is 0 Å². The molecule has 3 aliphatic heterocycles. The molecule has 0 spiro atoms. The molecule has 0 aromatic heterocycles. The number of nitrogens with one attached hydrogen (secondary N) is 2. The summed E-state index contributed by atoms with van der Waals surface area (Å²) < 4.78 is 4.95. The number of rotatable bonds is 8. The fourth-order valence-corrected chi connectivity index (χ4v) is 5.80. The quantitative estimate of drug-likeness (QED) is 0.582. The highest BCUT2D eigenvalue weighted by Gasteiger charge is 2.49. The SMILES string of the molecule is CCOC(=O)CCNC(=O)N1C[C@@H]2CCCN3CCC[C@@H]([C@H]23)[C@H]1CCCC(=O)NC. The topological polar surface area (TPSA) is 91.0 Å². The lowest BCUT2D eigenvalue weighted by Gasteiger charge is -2.57. The predicted molar refractivity (Wildman–Crippen MR) is 114 cm³/mol. The molecule has 0 aromatic carbocycles. The van der Waals surface area contributed by atoms with Gasteiger partial charge in [-0.15, -0.1) is 0 Å². The lowest BCUT2D eigenvalue weighted by Crippen LogP contribution is -2.66. The molecule has 170 valence electrons. The van der Waals surface area contributed by atoms with Crippen LogP contribution < -0.4 is 10.6 Å². The van der Waals surface area contributed by atoms with Crippen molar-refractivity contribution in [1.82, 2.24) is 20.4 Å². The second-order valence-corrected chi connectivity index (χ2v) is 8.81. The van der Waals surface area contributed by atoms with Crippen LogP contribution in [0.25, 0.3) is 0 Å². The highest BCUT2D eigenvalue weighted by Crippen LogP contribution is 2.43. The van der Waals surface area contributed by atoms with Crippen molar-refractivity contribution in [3.05, 3.63) is 0 Å². The van der Waals surface area contributed by atoms with Crippen LogP contribution in [0.3, 0.4) is 0 Å². The number of piperidine rings is 3. The minimum atomic E-state index is -0.283. The summed E-state index contributed by atoms with van der Waals surface area (Å²) in [5, 5.41) is 5.64. The van der Waals surface area contributed by atoms with Crippen molar-refractivity contribution in [1.29, 1.82) is 0 Å². The third-order valence-electron chi connectivity index (χ3n) is 7.03. The zero-order chi connectivity index (χ0) is 21.5. The number of ether oxygens (including phenoxy) is 1. The van der Waals surface area contributed by atoms with E-state index in [1.54, 1.807) is 14.0 Å². The van der Waals surface area contributed by atoms with Gasteiger partial charge >= 0.3 is 12.0 Å². The number of likely N-dealkylation sites (tertiary alicyclic amines) is 1. The first-order valence-corrected chi connectivity index (χ1v) is 11.7. The van der Waals surface area contributed by atoms with Gasteiger partial charge in [-0.1, -0.05) is 0 Å². The first-order valence-electron chi connectivity index (χ1n) is 11.7. The summed E-state index contributed by atoms with van der Waals surface area (Å²) in [7, 11) is 1.66. The Morgan fingerprint density at radius 1 is 1.10 bits per heavy atom. The van der Waals surface area contributed by atoms with Crippen molar-refractivity contribution >= 4 is 17.9 Å². The molecule has 3 saturated heterocycles. The van der Waals surface area contributed by atoms with Gasteiger partial charge in [-0.3, -0.25) is 14.5 Å². The fraction of sp³-hybridized carbons (Fsp3) is 0.864. The Hall–Kier alpha value is -1.83. The van der Waals surface area contributed by atoms with E-state index in [2.05, 4.69) is 15.5 Å². The molecule has 2 N–H and O–H groups in total. The Labute approximate surface area is 180 Å². The Kier molecular flexibility index (Phi) is 8.36. The van der Waals surface area contributed by atoms with Gasteiger partial charge in [-0.05, 0) is 70.4 Å². The normalized spacial score (nSPS) is 28.4. The van der Waals surface area contributed by atoms with Crippen LogP contribution in [0.15, 0.2) is 0 Å². The van der Waals surface area contributed by atoms with Crippen molar-refractivity contribution in [2.45, 2.75) is 70.4 Å². The molecule has 3 amide bonds. The maximum Gasteiger partial charge on any atom is 0.317 e. The van der Waals surface area contributed by atoms with Crippen LogP contribution in [-0.2, 0) is 14.3 Å². The van der Waals surface area contributed by atoms with Crippen LogP contribution in [0.2, 0.25) is 0 Å². The van der Waals surface area contributed by atoms with E-state index < -0.39 is 0 Å². The van der Waals surface area contributed by atoms with Crippen LogP contribution >= 0.6 is 0 Å². The first kappa shape index (κ1) is 22.8. The average molecular weight is 423 g/mol. The fourth-order valence-electron chi connectivity index (χ4n) is 5.80. The summed E-state index contributed by atoms with van der Waals surface area (Å²) in [6.07, 6.45) is 7.02. The van der Waals surface area contributed by atoms with Crippen molar-refractivity contribution in [2.24, 2.45) is 11.8 Å². The molecule has 0 radical (unpaired) electrons. The summed E-state index contributed by atoms with van der Waals surface area (Å²) in [5.74, 6) is 0.763. The molecule has 0 bridgehead atoms. The highest BCUT2D eigenvalue weighted by molar-refractivity contribution is 5.76. The molecule has 3 heterocycles. The Bertz CT molecular complexity index is 612. The number of carbonyl (C=O) groups is 3. The van der Waals surface area contributed by atoms with Crippen LogP contribution in [0, 0.1) is 11.8 Å². The van der Waals surface area contributed by atoms with Gasteiger partial charge in [-0.25, -0.2) is 4.79 Å². The van der Waals surface area contributed by atoms with Gasteiger partial charge in [0.05, 0.1) is 13.0 Å². The summed E-state index contributed by atoms with van der Waals surface area (Å²) in [6, 6.07) is 0.644. The summed E-state index contributed by atoms with van der Waals surface area (Å²) in [5.41, 5.74) is 0. The molecule has 3 rings (SSSR count). The zero-order valence-electron chi connectivity index (χ0n) is 18.5. The maximum absolute atomic E-state index is 13.1. The predicted octanol–water partition coefficient (Wildman–Crippen LogP) is 1.74. The summed E-state index contributed by atoms with van der Waals surface area (Å²) in [4.78, 5) is 41.1. The van der Waals surface area contributed by atoms with Crippen molar-refractivity contribution < 1.29 is 19.1 Å². The van der Waals surface area contributed by atoms with Gasteiger partial charge in [0.2, 0.25) is 5.91 Å². The second-order valence-electron chi connectivity index (χ2n) is 8.81. The third-order valence-corrected chi connectivity index (χ3v) is 7.03. The summed E-state index contributed by atoms with van der Waals surface area (Å²) >= 11 is 0. The molecular formula is C22H38N4O4. The minimum Gasteiger partial charge on any atom is -0.466 e. The largest absolute Gasteiger partial charge is 0.466 e. The molecule has 3 aliphatic rings. The third kappa shape index (κ3) is 5.45. The number of esters is 1. The van der Waals surface area contributed by atoms with E-state index in [0.717, 1.165) is 25.8 Å². The maximum atomic E-state index is 13.1. The van der Waals surface area contributed by atoms with Crippen molar-refractivity contribution in [2.75, 3.05) is 39.8 Å². The summed E-state index contributed by atoms with van der Waals surface area (Å²) in [6.45, 7) is 5.55. The number of urea groups is 1. The Balaban J connectivity index is 1.67. The lowest BCUT2D eigenvalue weighted by molar-refractivity contribution is -0.142. The lowest BCUT2D eigenvalue weighted by atomic mass is 9.69. The van der Waals surface area contributed by atoms with E-state index in [0.29, 0.717) is 37.5 Å². The van der Waals surface area contributed by atoms with E-state index in [4.69, 9.17) is 4.74 Å². The van der Waals surface area contributed by atoms with E-state index >= 15 is 0 Å². The van der Waals surface area contributed by atoms with Gasteiger partial charge < -0.3 is 20.3 Å². The minimum absolute atomic E-state index is 0.0528. The Morgan fingerprint density at radius 3 is 2.60 bits per heavy atom.